The van der Waals surface area contributed by atoms with Gasteiger partial charge in [0.25, 0.3) is 21.6 Å². The molecule has 1 fully saturated rings. The molecule has 1 aliphatic heterocycles. The monoisotopic (exact) mass is 312 g/mol. The van der Waals surface area contributed by atoms with E-state index in [1.165, 1.54) is 32.0 Å². The Hall–Kier alpha value is -2.29. The minimum absolute atomic E-state index is 0.0168. The van der Waals surface area contributed by atoms with Gasteiger partial charge in [-0.2, -0.15) is 0 Å². The SMILES string of the molecule is CC1(C)C(=O)N(CC(=O)c2cccc([N+](=O)[O-])c2)S1(=O)=O. The van der Waals surface area contributed by atoms with Gasteiger partial charge in [-0.05, 0) is 13.8 Å². The minimum Gasteiger partial charge on any atom is -0.292 e. The van der Waals surface area contributed by atoms with Gasteiger partial charge >= 0.3 is 0 Å². The van der Waals surface area contributed by atoms with Crippen LogP contribution in [0.25, 0.3) is 0 Å². The zero-order chi connectivity index (χ0) is 16.0. The van der Waals surface area contributed by atoms with E-state index in [1.54, 1.807) is 0 Å². The minimum atomic E-state index is -3.85. The van der Waals surface area contributed by atoms with Crippen LogP contribution in [-0.4, -0.2) is 40.6 Å². The Morgan fingerprint density at radius 1 is 1.38 bits per heavy atom. The molecule has 1 aromatic rings. The number of carbonyl (C=O) groups excluding carboxylic acids is 2. The second kappa shape index (κ2) is 4.62. The maximum Gasteiger partial charge on any atom is 0.270 e. The topological polar surface area (TPSA) is 115 Å². The van der Waals surface area contributed by atoms with Gasteiger partial charge in [0.2, 0.25) is 0 Å². The molecule has 0 spiro atoms. The molecule has 1 aromatic carbocycles. The summed E-state index contributed by atoms with van der Waals surface area (Å²) < 4.78 is 22.7. The van der Waals surface area contributed by atoms with E-state index in [1.807, 2.05) is 0 Å². The molecule has 0 saturated carbocycles. The molecule has 9 heteroatoms. The third-order valence-electron chi connectivity index (χ3n) is 3.34. The number of non-ortho nitro benzene ring substituents is 1. The summed E-state index contributed by atoms with van der Waals surface area (Å²) in [6, 6.07) is 4.91. The summed E-state index contributed by atoms with van der Waals surface area (Å²) >= 11 is 0. The highest BCUT2D eigenvalue weighted by Gasteiger charge is 2.60. The van der Waals surface area contributed by atoms with E-state index >= 15 is 0 Å². The molecule has 112 valence electrons. The number of benzene rings is 1. The number of Topliss-reactive ketones (excluding diaryl/α,β-unsaturated/α-hetero) is 1. The van der Waals surface area contributed by atoms with Crippen LogP contribution in [0.5, 0.6) is 0 Å². The molecule has 1 saturated heterocycles. The lowest BCUT2D eigenvalue weighted by Crippen LogP contribution is -2.68. The van der Waals surface area contributed by atoms with Gasteiger partial charge in [-0.15, -0.1) is 0 Å². The fourth-order valence-electron chi connectivity index (χ4n) is 1.93. The van der Waals surface area contributed by atoms with Crippen LogP contribution < -0.4 is 0 Å². The summed E-state index contributed by atoms with van der Waals surface area (Å²) in [6.07, 6.45) is 0. The standard InChI is InChI=1S/C12H12N2O6S/c1-12(2)11(16)13(21(12,19)20)7-10(15)8-4-3-5-9(6-8)14(17)18/h3-6H,7H2,1-2H3. The number of hydrogen-bond acceptors (Lipinski definition) is 6. The Morgan fingerprint density at radius 3 is 2.52 bits per heavy atom. The number of hydrogen-bond donors (Lipinski definition) is 0. The zero-order valence-electron chi connectivity index (χ0n) is 11.3. The van der Waals surface area contributed by atoms with Crippen molar-refractivity contribution in [1.82, 2.24) is 4.31 Å². The van der Waals surface area contributed by atoms with Gasteiger partial charge in [-0.1, -0.05) is 12.1 Å². The van der Waals surface area contributed by atoms with Crippen molar-refractivity contribution in [1.29, 1.82) is 0 Å². The van der Waals surface area contributed by atoms with Crippen LogP contribution in [0, 0.1) is 10.1 Å². The van der Waals surface area contributed by atoms with Crippen LogP contribution in [0.1, 0.15) is 24.2 Å². The number of amides is 1. The van der Waals surface area contributed by atoms with E-state index in [2.05, 4.69) is 0 Å². The highest BCUT2D eigenvalue weighted by molar-refractivity contribution is 7.94. The second-order valence-electron chi connectivity index (χ2n) is 5.06. The zero-order valence-corrected chi connectivity index (χ0v) is 12.1. The van der Waals surface area contributed by atoms with E-state index in [0.717, 1.165) is 6.07 Å². The van der Waals surface area contributed by atoms with Crippen LogP contribution in [0.3, 0.4) is 0 Å². The fraction of sp³-hybridized carbons (Fsp3) is 0.333. The molecule has 1 aliphatic rings. The Morgan fingerprint density at radius 2 is 2.00 bits per heavy atom. The Kier molecular flexibility index (Phi) is 3.32. The first-order valence-electron chi connectivity index (χ1n) is 5.93. The first kappa shape index (κ1) is 15.1. The van der Waals surface area contributed by atoms with Crippen molar-refractivity contribution in [2.24, 2.45) is 0 Å². The van der Waals surface area contributed by atoms with Gasteiger partial charge in [0.15, 0.2) is 10.5 Å². The van der Waals surface area contributed by atoms with Crippen LogP contribution in [0.4, 0.5) is 5.69 Å². The molecule has 8 nitrogen and oxygen atoms in total. The maximum atomic E-state index is 12.0. The molecule has 0 aliphatic carbocycles. The van der Waals surface area contributed by atoms with Gasteiger partial charge in [0, 0.05) is 17.7 Å². The number of ketones is 1. The molecule has 0 atom stereocenters. The van der Waals surface area contributed by atoms with Crippen molar-refractivity contribution in [2.45, 2.75) is 18.6 Å². The van der Waals surface area contributed by atoms with Crippen molar-refractivity contribution < 1.29 is 22.9 Å². The number of carbonyl (C=O) groups is 2. The largest absolute Gasteiger partial charge is 0.292 e. The van der Waals surface area contributed by atoms with Crippen LogP contribution in [0.15, 0.2) is 24.3 Å². The van der Waals surface area contributed by atoms with Crippen LogP contribution in [0.2, 0.25) is 0 Å². The Balaban J connectivity index is 2.23. The predicted molar refractivity (Wildman–Crippen MR) is 72.1 cm³/mol. The highest BCUT2D eigenvalue weighted by Crippen LogP contribution is 2.34. The first-order valence-corrected chi connectivity index (χ1v) is 7.37. The van der Waals surface area contributed by atoms with Crippen molar-refractivity contribution in [3.8, 4) is 0 Å². The molecule has 0 bridgehead atoms. The average Bonchev–Trinajstić information content (AvgIpc) is 2.43. The summed E-state index contributed by atoms with van der Waals surface area (Å²) in [5.74, 6) is -1.34. The third-order valence-corrected chi connectivity index (χ3v) is 5.68. The molecule has 21 heavy (non-hydrogen) atoms. The van der Waals surface area contributed by atoms with Gasteiger partial charge in [0.05, 0.1) is 4.92 Å². The molecule has 2 rings (SSSR count). The predicted octanol–water partition coefficient (Wildman–Crippen LogP) is 0.728. The van der Waals surface area contributed by atoms with Crippen molar-refractivity contribution in [3.05, 3.63) is 39.9 Å². The normalized spacial score (nSPS) is 19.0. The number of nitrogens with zero attached hydrogens (tertiary/aromatic N) is 2. The van der Waals surface area contributed by atoms with E-state index < -0.39 is 37.9 Å². The smallest absolute Gasteiger partial charge is 0.270 e. The second-order valence-corrected chi connectivity index (χ2v) is 7.47. The van der Waals surface area contributed by atoms with E-state index in [9.17, 15) is 28.1 Å². The first-order chi connectivity index (χ1) is 9.59. The lowest BCUT2D eigenvalue weighted by molar-refractivity contribution is -0.384. The summed E-state index contributed by atoms with van der Waals surface area (Å²) in [4.78, 5) is 33.7. The van der Waals surface area contributed by atoms with Gasteiger partial charge in [0.1, 0.15) is 6.54 Å². The quantitative estimate of drug-likeness (QED) is 0.460. The van der Waals surface area contributed by atoms with Crippen LogP contribution >= 0.6 is 0 Å². The summed E-state index contributed by atoms with van der Waals surface area (Å²) in [7, 11) is -3.85. The summed E-state index contributed by atoms with van der Waals surface area (Å²) in [5, 5.41) is 10.6. The number of nitro groups is 1. The molecule has 0 unspecified atom stereocenters. The number of nitro benzene ring substituents is 1. The average molecular weight is 312 g/mol. The maximum absolute atomic E-state index is 12.0. The van der Waals surface area contributed by atoms with Crippen LogP contribution in [-0.2, 0) is 14.8 Å². The van der Waals surface area contributed by atoms with Crippen molar-refractivity contribution >= 4 is 27.4 Å². The summed E-state index contributed by atoms with van der Waals surface area (Å²) in [5.41, 5.74) is -0.295. The van der Waals surface area contributed by atoms with Gasteiger partial charge < -0.3 is 0 Å². The molecule has 1 amide bonds. The van der Waals surface area contributed by atoms with E-state index in [0.29, 0.717) is 4.31 Å². The molecule has 0 radical (unpaired) electrons. The third kappa shape index (κ3) is 2.19. The molecular formula is C12H12N2O6S. The lowest BCUT2D eigenvalue weighted by atomic mass is 10.1. The number of sulfonamides is 1. The lowest BCUT2D eigenvalue weighted by Gasteiger charge is -2.42. The summed E-state index contributed by atoms with van der Waals surface area (Å²) in [6.45, 7) is 1.88. The van der Waals surface area contributed by atoms with Gasteiger partial charge in [-0.3, -0.25) is 19.7 Å². The Labute approximate surface area is 120 Å². The highest BCUT2D eigenvalue weighted by atomic mass is 32.2. The van der Waals surface area contributed by atoms with Gasteiger partial charge in [-0.25, -0.2) is 12.7 Å². The fourth-order valence-corrected chi connectivity index (χ4v) is 3.41. The molecule has 0 aromatic heterocycles. The molecule has 1 heterocycles. The molecular weight excluding hydrogens is 300 g/mol. The van der Waals surface area contributed by atoms with E-state index in [-0.39, 0.29) is 11.3 Å². The Bertz CT molecular complexity index is 753. The molecule has 0 N–H and O–H groups in total. The van der Waals surface area contributed by atoms with E-state index in [4.69, 9.17) is 0 Å². The number of rotatable bonds is 4. The van der Waals surface area contributed by atoms with Crippen molar-refractivity contribution in [3.63, 3.8) is 0 Å². The van der Waals surface area contributed by atoms with Crippen molar-refractivity contribution in [2.75, 3.05) is 6.54 Å².